The van der Waals surface area contributed by atoms with Gasteiger partial charge in [-0.3, -0.25) is 9.59 Å². The molecule has 2 amide bonds. The molecule has 2 aromatic carbocycles. The molecule has 0 aliphatic carbocycles. The molecule has 1 aliphatic rings. The molecule has 0 radical (unpaired) electrons. The molecule has 0 fully saturated rings. The Hall–Kier alpha value is -3.22. The van der Waals surface area contributed by atoms with Gasteiger partial charge in [0.05, 0.1) is 19.9 Å². The van der Waals surface area contributed by atoms with Gasteiger partial charge in [-0.25, -0.2) is 0 Å². The number of hydrogen-bond acceptors (Lipinski definition) is 5. The molecule has 0 bridgehead atoms. The first-order valence-electron chi connectivity index (χ1n) is 9.59. The molecule has 0 aromatic heterocycles. The summed E-state index contributed by atoms with van der Waals surface area (Å²) >= 11 is 0. The highest BCUT2D eigenvalue weighted by Gasteiger charge is 2.30. The van der Waals surface area contributed by atoms with Crippen molar-refractivity contribution in [2.24, 2.45) is 0 Å². The van der Waals surface area contributed by atoms with E-state index in [2.05, 4.69) is 5.32 Å². The van der Waals surface area contributed by atoms with Crippen LogP contribution in [0.25, 0.3) is 0 Å². The molecule has 0 spiro atoms. The molecule has 1 N–H and O–H groups in total. The number of fused-ring (bicyclic) bond motifs is 1. The van der Waals surface area contributed by atoms with E-state index in [0.29, 0.717) is 48.0 Å². The Morgan fingerprint density at radius 2 is 1.90 bits per heavy atom. The second kappa shape index (κ2) is 8.86. The van der Waals surface area contributed by atoms with Crippen LogP contribution in [0.5, 0.6) is 17.2 Å². The van der Waals surface area contributed by atoms with Crippen molar-refractivity contribution in [3.8, 4) is 17.2 Å². The topological polar surface area (TPSA) is 77.1 Å². The molecule has 1 atom stereocenters. The maximum Gasteiger partial charge on any atom is 0.267 e. The molecule has 1 aliphatic heterocycles. The smallest absolute Gasteiger partial charge is 0.267 e. The summed E-state index contributed by atoms with van der Waals surface area (Å²) in [5.41, 5.74) is 2.28. The van der Waals surface area contributed by atoms with Crippen LogP contribution in [-0.4, -0.2) is 38.7 Å². The zero-order chi connectivity index (χ0) is 21.0. The molecule has 7 heteroatoms. The van der Waals surface area contributed by atoms with Gasteiger partial charge in [-0.1, -0.05) is 6.07 Å². The number of ether oxygens (including phenoxy) is 3. The molecule has 0 saturated carbocycles. The molecule has 2 aromatic rings. The van der Waals surface area contributed by atoms with Gasteiger partial charge in [-0.15, -0.1) is 0 Å². The van der Waals surface area contributed by atoms with Crippen LogP contribution in [0.4, 0.5) is 11.4 Å². The minimum Gasteiger partial charge on any atom is -0.493 e. The first kappa shape index (κ1) is 20.5. The standard InChI is InChI=1S/C22H26N2O5/c1-5-24-17-13-16(8-10-18(17)29-14(2)22(24)26)23-21(25)11-7-15-6-9-19(27-3)20(12-15)28-4/h6,8-10,12-14H,5,7,11H2,1-4H3,(H,23,25). The molecule has 29 heavy (non-hydrogen) atoms. The lowest BCUT2D eigenvalue weighted by atomic mass is 10.1. The van der Waals surface area contributed by atoms with Gasteiger partial charge in [-0.2, -0.15) is 0 Å². The lowest BCUT2D eigenvalue weighted by Crippen LogP contribution is -2.44. The predicted molar refractivity (Wildman–Crippen MR) is 111 cm³/mol. The Morgan fingerprint density at radius 1 is 1.14 bits per heavy atom. The van der Waals surface area contributed by atoms with Crippen molar-refractivity contribution < 1.29 is 23.8 Å². The van der Waals surface area contributed by atoms with Crippen LogP contribution in [0.2, 0.25) is 0 Å². The maximum atomic E-state index is 12.4. The van der Waals surface area contributed by atoms with E-state index in [1.54, 1.807) is 44.2 Å². The van der Waals surface area contributed by atoms with E-state index in [1.165, 1.54) is 0 Å². The summed E-state index contributed by atoms with van der Waals surface area (Å²) in [5.74, 6) is 1.73. The minimum atomic E-state index is -0.510. The number of aryl methyl sites for hydroxylation is 1. The van der Waals surface area contributed by atoms with Crippen molar-refractivity contribution >= 4 is 23.2 Å². The van der Waals surface area contributed by atoms with Crippen LogP contribution < -0.4 is 24.4 Å². The fourth-order valence-electron chi connectivity index (χ4n) is 3.33. The number of rotatable bonds is 7. The molecule has 0 saturated heterocycles. The summed E-state index contributed by atoms with van der Waals surface area (Å²) in [7, 11) is 3.17. The number of likely N-dealkylation sites (N-methyl/N-ethyl adjacent to an activating group) is 1. The fraction of sp³-hybridized carbons (Fsp3) is 0.364. The van der Waals surface area contributed by atoms with Crippen LogP contribution >= 0.6 is 0 Å². The van der Waals surface area contributed by atoms with E-state index in [-0.39, 0.29) is 11.8 Å². The Balaban J connectivity index is 1.66. The highest BCUT2D eigenvalue weighted by Crippen LogP contribution is 2.36. The first-order valence-corrected chi connectivity index (χ1v) is 9.59. The molecule has 7 nitrogen and oxygen atoms in total. The second-order valence-electron chi connectivity index (χ2n) is 6.76. The molecule has 3 rings (SSSR count). The van der Waals surface area contributed by atoms with E-state index < -0.39 is 6.10 Å². The van der Waals surface area contributed by atoms with Crippen LogP contribution in [0.15, 0.2) is 36.4 Å². The van der Waals surface area contributed by atoms with Crippen LogP contribution in [0, 0.1) is 0 Å². The third-order valence-electron chi connectivity index (χ3n) is 4.86. The summed E-state index contributed by atoms with van der Waals surface area (Å²) in [4.78, 5) is 26.4. The van der Waals surface area contributed by atoms with Crippen LogP contribution in [0.1, 0.15) is 25.8 Å². The van der Waals surface area contributed by atoms with E-state index in [0.717, 1.165) is 5.56 Å². The molecule has 154 valence electrons. The normalized spacial score (nSPS) is 15.4. The summed E-state index contributed by atoms with van der Waals surface area (Å²) < 4.78 is 16.2. The summed E-state index contributed by atoms with van der Waals surface area (Å²) in [6.07, 6.45) is 0.373. The molecular formula is C22H26N2O5. The monoisotopic (exact) mass is 398 g/mol. The number of carbonyl (C=O) groups excluding carboxylic acids is 2. The Morgan fingerprint density at radius 3 is 2.59 bits per heavy atom. The van der Waals surface area contributed by atoms with Crippen molar-refractivity contribution in [2.75, 3.05) is 31.0 Å². The van der Waals surface area contributed by atoms with Crippen molar-refractivity contribution in [1.82, 2.24) is 0 Å². The minimum absolute atomic E-state index is 0.0862. The highest BCUT2D eigenvalue weighted by atomic mass is 16.5. The van der Waals surface area contributed by atoms with Crippen LogP contribution in [-0.2, 0) is 16.0 Å². The zero-order valence-electron chi connectivity index (χ0n) is 17.2. The van der Waals surface area contributed by atoms with Gasteiger partial charge in [0.2, 0.25) is 5.91 Å². The lowest BCUT2D eigenvalue weighted by molar-refractivity contribution is -0.125. The summed E-state index contributed by atoms with van der Waals surface area (Å²) in [5, 5.41) is 2.90. The number of nitrogens with one attached hydrogen (secondary N) is 1. The fourth-order valence-corrected chi connectivity index (χ4v) is 3.33. The van der Waals surface area contributed by atoms with E-state index in [9.17, 15) is 9.59 Å². The van der Waals surface area contributed by atoms with Gasteiger partial charge in [0.15, 0.2) is 17.6 Å². The second-order valence-corrected chi connectivity index (χ2v) is 6.76. The van der Waals surface area contributed by atoms with E-state index in [4.69, 9.17) is 14.2 Å². The quantitative estimate of drug-likeness (QED) is 0.773. The predicted octanol–water partition coefficient (Wildman–Crippen LogP) is 3.41. The molecule has 1 heterocycles. The number of nitrogens with zero attached hydrogens (tertiary/aromatic N) is 1. The van der Waals surface area contributed by atoms with Gasteiger partial charge in [0.25, 0.3) is 5.91 Å². The average Bonchev–Trinajstić information content (AvgIpc) is 2.73. The van der Waals surface area contributed by atoms with Crippen molar-refractivity contribution in [1.29, 1.82) is 0 Å². The van der Waals surface area contributed by atoms with Crippen LogP contribution in [0.3, 0.4) is 0 Å². The third kappa shape index (κ3) is 4.45. The number of methoxy groups -OCH3 is 2. The average molecular weight is 398 g/mol. The number of carbonyl (C=O) groups is 2. The number of amides is 2. The Labute approximate surface area is 170 Å². The number of hydrogen-bond donors (Lipinski definition) is 1. The lowest BCUT2D eigenvalue weighted by Gasteiger charge is -2.32. The SMILES string of the molecule is CCN1C(=O)C(C)Oc2ccc(NC(=O)CCc3ccc(OC)c(OC)c3)cc21. The Kier molecular flexibility index (Phi) is 6.26. The van der Waals surface area contributed by atoms with E-state index >= 15 is 0 Å². The zero-order valence-corrected chi connectivity index (χ0v) is 17.2. The van der Waals surface area contributed by atoms with Crippen molar-refractivity contribution in [3.05, 3.63) is 42.0 Å². The maximum absolute atomic E-state index is 12.4. The summed E-state index contributed by atoms with van der Waals surface area (Å²) in [6.45, 7) is 4.18. The van der Waals surface area contributed by atoms with Gasteiger partial charge >= 0.3 is 0 Å². The Bertz CT molecular complexity index is 912. The van der Waals surface area contributed by atoms with Crippen molar-refractivity contribution in [3.63, 3.8) is 0 Å². The van der Waals surface area contributed by atoms with Gasteiger partial charge in [0, 0.05) is 18.7 Å². The summed E-state index contributed by atoms with van der Waals surface area (Å²) in [6, 6.07) is 10.9. The highest BCUT2D eigenvalue weighted by molar-refractivity contribution is 6.01. The van der Waals surface area contributed by atoms with Gasteiger partial charge in [-0.05, 0) is 56.2 Å². The largest absolute Gasteiger partial charge is 0.493 e. The first-order chi connectivity index (χ1) is 14.0. The molecule has 1 unspecified atom stereocenters. The van der Waals surface area contributed by atoms with Gasteiger partial charge in [0.1, 0.15) is 5.75 Å². The number of anilines is 2. The molecular weight excluding hydrogens is 372 g/mol. The van der Waals surface area contributed by atoms with E-state index in [1.807, 2.05) is 25.1 Å². The van der Waals surface area contributed by atoms with Crippen molar-refractivity contribution in [2.45, 2.75) is 32.8 Å². The number of benzene rings is 2. The van der Waals surface area contributed by atoms with Gasteiger partial charge < -0.3 is 24.4 Å². The third-order valence-corrected chi connectivity index (χ3v) is 4.86.